The first-order valence-corrected chi connectivity index (χ1v) is 9.26. The predicted octanol–water partition coefficient (Wildman–Crippen LogP) is 3.24. The van der Waals surface area contributed by atoms with Crippen LogP contribution in [0.2, 0.25) is 0 Å². The molecule has 0 spiro atoms. The minimum absolute atomic E-state index is 0.150. The van der Waals surface area contributed by atoms with Crippen molar-refractivity contribution in [3.63, 3.8) is 0 Å². The summed E-state index contributed by atoms with van der Waals surface area (Å²) in [6.07, 6.45) is 1.31. The quantitative estimate of drug-likeness (QED) is 0.669. The highest BCUT2D eigenvalue weighted by molar-refractivity contribution is 7.89. The molecule has 0 aliphatic carbocycles. The van der Waals surface area contributed by atoms with Crippen LogP contribution >= 0.6 is 0 Å². The van der Waals surface area contributed by atoms with E-state index in [1.165, 1.54) is 16.6 Å². The van der Waals surface area contributed by atoms with Crippen LogP contribution in [0.25, 0.3) is 11.5 Å². The lowest BCUT2D eigenvalue weighted by molar-refractivity contribution is 0.331. The molecule has 8 heteroatoms. The molecule has 0 saturated carbocycles. The zero-order chi connectivity index (χ0) is 18.0. The van der Waals surface area contributed by atoms with Gasteiger partial charge in [0.1, 0.15) is 6.26 Å². The topological polar surface area (TPSA) is 89.4 Å². The third-order valence-corrected chi connectivity index (χ3v) is 5.56. The Morgan fingerprint density at radius 1 is 1.16 bits per heavy atom. The van der Waals surface area contributed by atoms with E-state index in [1.807, 2.05) is 44.2 Å². The third kappa shape index (κ3) is 3.64. The Morgan fingerprint density at radius 2 is 1.88 bits per heavy atom. The van der Waals surface area contributed by atoms with Gasteiger partial charge in [-0.15, -0.1) is 10.2 Å². The second-order valence-corrected chi connectivity index (χ2v) is 7.73. The van der Waals surface area contributed by atoms with Crippen molar-refractivity contribution < 1.29 is 17.3 Å². The molecule has 0 saturated heterocycles. The van der Waals surface area contributed by atoms with Crippen LogP contribution < -0.4 is 0 Å². The number of nitrogens with zero attached hydrogens (tertiary/aromatic N) is 3. The second-order valence-electron chi connectivity index (χ2n) is 5.91. The number of aryl methyl sites for hydroxylation is 1. The number of benzene rings is 1. The zero-order valence-electron chi connectivity index (χ0n) is 14.2. The number of sulfonamides is 1. The Labute approximate surface area is 146 Å². The second kappa shape index (κ2) is 6.81. The summed E-state index contributed by atoms with van der Waals surface area (Å²) in [7, 11) is -3.80. The van der Waals surface area contributed by atoms with E-state index >= 15 is 0 Å². The molecule has 0 unspecified atom stereocenters. The molecule has 25 heavy (non-hydrogen) atoms. The number of hydrogen-bond acceptors (Lipinski definition) is 6. The van der Waals surface area contributed by atoms with Crippen molar-refractivity contribution in [3.05, 3.63) is 54.1 Å². The van der Waals surface area contributed by atoms with Crippen molar-refractivity contribution in [1.29, 1.82) is 0 Å². The van der Waals surface area contributed by atoms with E-state index in [0.717, 1.165) is 5.56 Å². The van der Waals surface area contributed by atoms with E-state index in [4.69, 9.17) is 8.83 Å². The Hall–Kier alpha value is -2.45. The van der Waals surface area contributed by atoms with Crippen molar-refractivity contribution in [3.8, 4) is 11.5 Å². The SMILES string of the molecule is Cc1nnc(-c2coc(S(=O)(=O)N(Cc3ccccc3)C(C)C)c2)o1. The fourth-order valence-electron chi connectivity index (χ4n) is 2.40. The first-order chi connectivity index (χ1) is 11.9. The van der Waals surface area contributed by atoms with Crippen molar-refractivity contribution >= 4 is 10.0 Å². The fraction of sp³-hybridized carbons (Fsp3) is 0.294. The van der Waals surface area contributed by atoms with Crippen LogP contribution in [0.15, 0.2) is 56.6 Å². The van der Waals surface area contributed by atoms with Gasteiger partial charge in [0, 0.05) is 25.6 Å². The smallest absolute Gasteiger partial charge is 0.277 e. The van der Waals surface area contributed by atoms with E-state index in [9.17, 15) is 8.42 Å². The summed E-state index contributed by atoms with van der Waals surface area (Å²) in [5.41, 5.74) is 1.33. The molecular formula is C17H19N3O4S. The Morgan fingerprint density at radius 3 is 2.48 bits per heavy atom. The van der Waals surface area contributed by atoms with Gasteiger partial charge in [-0.25, -0.2) is 8.42 Å². The van der Waals surface area contributed by atoms with Crippen LogP contribution in [0.4, 0.5) is 0 Å². The van der Waals surface area contributed by atoms with Crippen molar-refractivity contribution in [2.75, 3.05) is 0 Å². The average molecular weight is 361 g/mol. The van der Waals surface area contributed by atoms with Crippen LogP contribution in [0.3, 0.4) is 0 Å². The first kappa shape index (κ1) is 17.4. The monoisotopic (exact) mass is 361 g/mol. The largest absolute Gasteiger partial charge is 0.451 e. The van der Waals surface area contributed by atoms with E-state index in [0.29, 0.717) is 11.5 Å². The van der Waals surface area contributed by atoms with Gasteiger partial charge in [-0.05, 0) is 19.4 Å². The van der Waals surface area contributed by atoms with Gasteiger partial charge in [0.2, 0.25) is 11.0 Å². The Bertz CT molecular complexity index is 945. The molecule has 0 amide bonds. The maximum absolute atomic E-state index is 13.0. The summed E-state index contributed by atoms with van der Waals surface area (Å²) in [6.45, 7) is 5.57. The van der Waals surface area contributed by atoms with Gasteiger partial charge < -0.3 is 8.83 Å². The Balaban J connectivity index is 1.92. The molecule has 0 fully saturated rings. The fourth-order valence-corrected chi connectivity index (χ4v) is 3.95. The number of rotatable bonds is 6. The molecule has 0 N–H and O–H groups in total. The molecule has 2 heterocycles. The minimum Gasteiger partial charge on any atom is -0.451 e. The van der Waals surface area contributed by atoms with Gasteiger partial charge in [-0.2, -0.15) is 4.31 Å². The highest BCUT2D eigenvalue weighted by atomic mass is 32.2. The summed E-state index contributed by atoms with van der Waals surface area (Å²) in [6, 6.07) is 10.6. The van der Waals surface area contributed by atoms with Crippen LogP contribution in [0.5, 0.6) is 0 Å². The predicted molar refractivity (Wildman–Crippen MR) is 91.0 cm³/mol. The van der Waals surface area contributed by atoms with Crippen LogP contribution in [-0.2, 0) is 16.6 Å². The summed E-state index contributed by atoms with van der Waals surface area (Å²) in [4.78, 5) is 0. The van der Waals surface area contributed by atoms with Crippen molar-refractivity contribution in [2.24, 2.45) is 0 Å². The van der Waals surface area contributed by atoms with Crippen LogP contribution in [0.1, 0.15) is 25.3 Å². The average Bonchev–Trinajstić information content (AvgIpc) is 3.22. The Kier molecular flexibility index (Phi) is 4.73. The number of aromatic nitrogens is 2. The third-order valence-electron chi connectivity index (χ3n) is 3.67. The molecule has 3 aromatic rings. The van der Waals surface area contributed by atoms with E-state index in [-0.39, 0.29) is 23.6 Å². The van der Waals surface area contributed by atoms with Gasteiger partial charge in [0.25, 0.3) is 15.9 Å². The normalized spacial score (nSPS) is 12.2. The van der Waals surface area contributed by atoms with Crippen molar-refractivity contribution in [1.82, 2.24) is 14.5 Å². The highest BCUT2D eigenvalue weighted by Gasteiger charge is 2.30. The van der Waals surface area contributed by atoms with E-state index in [1.54, 1.807) is 6.92 Å². The summed E-state index contributed by atoms with van der Waals surface area (Å²) < 4.78 is 38.0. The molecule has 1 aromatic carbocycles. The molecule has 0 radical (unpaired) electrons. The summed E-state index contributed by atoms with van der Waals surface area (Å²) >= 11 is 0. The van der Waals surface area contributed by atoms with E-state index < -0.39 is 10.0 Å². The molecule has 0 aliphatic rings. The van der Waals surface area contributed by atoms with Gasteiger partial charge >= 0.3 is 0 Å². The lowest BCUT2D eigenvalue weighted by atomic mass is 10.2. The standard InChI is InChI=1S/C17H19N3O4S/c1-12(2)20(10-14-7-5-4-6-8-14)25(21,22)16-9-15(11-23-16)17-19-18-13(3)24-17/h4-9,11-12H,10H2,1-3H3. The van der Waals surface area contributed by atoms with Gasteiger partial charge in [0.15, 0.2) is 0 Å². The number of furan rings is 1. The lowest BCUT2D eigenvalue weighted by Gasteiger charge is -2.24. The molecule has 0 aliphatic heterocycles. The minimum atomic E-state index is -3.80. The van der Waals surface area contributed by atoms with E-state index in [2.05, 4.69) is 10.2 Å². The maximum Gasteiger partial charge on any atom is 0.277 e. The van der Waals surface area contributed by atoms with Crippen molar-refractivity contribution in [2.45, 2.75) is 38.5 Å². The number of hydrogen-bond donors (Lipinski definition) is 0. The van der Waals surface area contributed by atoms with Gasteiger partial charge in [-0.1, -0.05) is 30.3 Å². The highest BCUT2D eigenvalue weighted by Crippen LogP contribution is 2.27. The summed E-state index contributed by atoms with van der Waals surface area (Å²) in [5, 5.41) is 7.46. The molecule has 7 nitrogen and oxygen atoms in total. The lowest BCUT2D eigenvalue weighted by Crippen LogP contribution is -2.36. The van der Waals surface area contributed by atoms with Crippen LogP contribution in [-0.4, -0.2) is 29.0 Å². The molecule has 0 atom stereocenters. The van der Waals surface area contributed by atoms with Gasteiger partial charge in [0.05, 0.1) is 5.56 Å². The summed E-state index contributed by atoms with van der Waals surface area (Å²) in [5.74, 6) is 0.621. The molecule has 3 rings (SSSR count). The first-order valence-electron chi connectivity index (χ1n) is 7.82. The zero-order valence-corrected chi connectivity index (χ0v) is 15.0. The molecular weight excluding hydrogens is 342 g/mol. The van der Waals surface area contributed by atoms with Crippen LogP contribution in [0, 0.1) is 6.92 Å². The maximum atomic E-state index is 13.0. The molecule has 132 valence electrons. The molecule has 0 bridgehead atoms. The van der Waals surface area contributed by atoms with Gasteiger partial charge in [-0.3, -0.25) is 0 Å². The molecule has 2 aromatic heterocycles.